The van der Waals surface area contributed by atoms with Crippen molar-refractivity contribution < 1.29 is 22.8 Å². The van der Waals surface area contributed by atoms with Gasteiger partial charge in [0.2, 0.25) is 22.3 Å². The van der Waals surface area contributed by atoms with E-state index in [1.807, 2.05) is 12.2 Å². The molecule has 0 radical (unpaired) electrons. The van der Waals surface area contributed by atoms with Crippen molar-refractivity contribution in [3.05, 3.63) is 12.2 Å². The minimum Gasteiger partial charge on any atom is -0.339 e. The molecule has 3 amide bonds. The Morgan fingerprint density at radius 3 is 2.60 bits per heavy atom. The molecule has 3 aliphatic rings. The van der Waals surface area contributed by atoms with Gasteiger partial charge in [0.25, 0.3) is 5.91 Å². The molecule has 3 atom stereocenters. The van der Waals surface area contributed by atoms with Gasteiger partial charge in [-0.3, -0.25) is 19.1 Å². The van der Waals surface area contributed by atoms with Gasteiger partial charge in [0, 0.05) is 12.5 Å². The summed E-state index contributed by atoms with van der Waals surface area (Å²) < 4.78 is 26.7. The number of amides is 3. The highest BCUT2D eigenvalue weighted by molar-refractivity contribution is 7.91. The Labute approximate surface area is 178 Å². The quantitative estimate of drug-likeness (QED) is 0.273. The first-order valence-corrected chi connectivity index (χ1v) is 12.6. The van der Waals surface area contributed by atoms with Gasteiger partial charge in [0.05, 0.1) is 5.25 Å². The average molecular weight is 440 g/mol. The number of carbonyl (C=O) groups is 3. The molecule has 0 aromatic rings. The maximum atomic E-state index is 12.9. The molecule has 1 aliphatic heterocycles. The van der Waals surface area contributed by atoms with Gasteiger partial charge in [-0.2, -0.15) is 0 Å². The lowest BCUT2D eigenvalue weighted by Gasteiger charge is -2.24. The summed E-state index contributed by atoms with van der Waals surface area (Å²) in [6, 6.07) is -0.605. The smallest absolute Gasteiger partial charge is 0.259 e. The molecule has 9 heteroatoms. The van der Waals surface area contributed by atoms with Gasteiger partial charge in [-0.1, -0.05) is 38.3 Å². The minimum absolute atomic E-state index is 0.242. The molecule has 0 bridgehead atoms. The van der Waals surface area contributed by atoms with Crippen molar-refractivity contribution in [2.45, 2.75) is 88.0 Å². The molecule has 30 heavy (non-hydrogen) atoms. The summed E-state index contributed by atoms with van der Waals surface area (Å²) in [6.45, 7) is 2.67. The fraction of sp³-hybridized carbons (Fsp3) is 0.762. The normalized spacial score (nSPS) is 28.5. The van der Waals surface area contributed by atoms with E-state index in [1.165, 1.54) is 11.3 Å². The van der Waals surface area contributed by atoms with Crippen LogP contribution in [0, 0.1) is 5.92 Å². The number of rotatable bonds is 12. The van der Waals surface area contributed by atoms with E-state index in [4.69, 9.17) is 0 Å². The number of sulfonamides is 1. The van der Waals surface area contributed by atoms with Crippen molar-refractivity contribution in [3.63, 3.8) is 0 Å². The molecule has 2 saturated carbocycles. The Morgan fingerprint density at radius 1 is 1.17 bits per heavy atom. The lowest BCUT2D eigenvalue weighted by atomic mass is 10.1. The standard InChI is InChI=1S/C21H33N3O5S/c1-2-3-4-5-6-7-9-16-14-21(16,20(27)23-30(28,29)17-11-12-17)22-19(26)18-10-8-13-24(18)15-25/h7,9,15-18H,2-6,8,10-14H2,1H3,(H,22,26)(H,23,27)/b9-7-/t16-,18+,21-/m1/s1. The Hall–Kier alpha value is -1.90. The number of unbranched alkanes of at least 4 members (excludes halogenated alkanes) is 4. The summed E-state index contributed by atoms with van der Waals surface area (Å²) in [6.07, 6.45) is 12.8. The predicted molar refractivity (Wildman–Crippen MR) is 113 cm³/mol. The summed E-state index contributed by atoms with van der Waals surface area (Å²) in [5, 5.41) is 2.29. The van der Waals surface area contributed by atoms with Crippen LogP contribution in [0.3, 0.4) is 0 Å². The SMILES string of the molecule is CCCCCC/C=C\[C@@H]1C[C@]1(NC(=O)[C@@H]1CCCN1C=O)C(=O)NS(=O)(=O)C1CC1. The third kappa shape index (κ3) is 5.22. The van der Waals surface area contributed by atoms with Crippen molar-refractivity contribution in [2.24, 2.45) is 5.92 Å². The second-order valence-corrected chi connectivity index (χ2v) is 10.7. The van der Waals surface area contributed by atoms with Crippen LogP contribution in [0.15, 0.2) is 12.2 Å². The van der Waals surface area contributed by atoms with E-state index in [-0.39, 0.29) is 5.92 Å². The van der Waals surface area contributed by atoms with E-state index < -0.39 is 38.7 Å². The van der Waals surface area contributed by atoms with Crippen LogP contribution in [0.1, 0.15) is 71.1 Å². The molecule has 0 unspecified atom stereocenters. The fourth-order valence-electron chi connectivity index (χ4n) is 4.11. The van der Waals surface area contributed by atoms with Gasteiger partial charge < -0.3 is 10.2 Å². The molecule has 0 aromatic carbocycles. The summed E-state index contributed by atoms with van der Waals surface area (Å²) in [4.78, 5) is 38.4. The zero-order valence-corrected chi connectivity index (χ0v) is 18.5. The van der Waals surface area contributed by atoms with Crippen LogP contribution in [0.25, 0.3) is 0 Å². The van der Waals surface area contributed by atoms with Crippen LogP contribution in [-0.2, 0) is 24.4 Å². The van der Waals surface area contributed by atoms with Crippen molar-refractivity contribution in [1.29, 1.82) is 0 Å². The molecular weight excluding hydrogens is 406 g/mol. The second-order valence-electron chi connectivity index (χ2n) is 8.73. The van der Waals surface area contributed by atoms with Gasteiger partial charge in [-0.15, -0.1) is 0 Å². The van der Waals surface area contributed by atoms with Crippen LogP contribution in [0.4, 0.5) is 0 Å². The topological polar surface area (TPSA) is 113 Å². The number of nitrogens with zero attached hydrogens (tertiary/aromatic N) is 1. The minimum atomic E-state index is -3.70. The van der Waals surface area contributed by atoms with E-state index in [9.17, 15) is 22.8 Å². The van der Waals surface area contributed by atoms with E-state index >= 15 is 0 Å². The number of hydrogen-bond donors (Lipinski definition) is 2. The Kier molecular flexibility index (Phi) is 7.21. The number of nitrogens with one attached hydrogen (secondary N) is 2. The highest BCUT2D eigenvalue weighted by atomic mass is 32.2. The third-order valence-electron chi connectivity index (χ3n) is 6.29. The number of carbonyl (C=O) groups excluding carboxylic acids is 3. The Bertz CT molecular complexity index is 792. The molecule has 0 aromatic heterocycles. The van der Waals surface area contributed by atoms with Gasteiger partial charge in [-0.25, -0.2) is 8.42 Å². The molecule has 0 spiro atoms. The van der Waals surface area contributed by atoms with Crippen LogP contribution in [0.2, 0.25) is 0 Å². The van der Waals surface area contributed by atoms with Gasteiger partial charge in [-0.05, 0) is 44.9 Å². The maximum Gasteiger partial charge on any atom is 0.259 e. The first-order valence-electron chi connectivity index (χ1n) is 11.1. The highest BCUT2D eigenvalue weighted by Gasteiger charge is 2.61. The second kappa shape index (κ2) is 9.49. The van der Waals surface area contributed by atoms with Gasteiger partial charge in [0.1, 0.15) is 11.6 Å². The van der Waals surface area contributed by atoms with Crippen LogP contribution >= 0.6 is 0 Å². The van der Waals surface area contributed by atoms with Gasteiger partial charge in [0.15, 0.2) is 0 Å². The first kappa shape index (κ1) is 22.8. The van der Waals surface area contributed by atoms with E-state index in [0.717, 1.165) is 32.1 Å². The fourth-order valence-corrected chi connectivity index (χ4v) is 5.48. The van der Waals surface area contributed by atoms with Crippen LogP contribution < -0.4 is 10.0 Å². The van der Waals surface area contributed by atoms with Crippen molar-refractivity contribution in [1.82, 2.24) is 14.9 Å². The molecule has 3 fully saturated rings. The largest absolute Gasteiger partial charge is 0.339 e. The van der Waals surface area contributed by atoms with Crippen molar-refractivity contribution in [2.75, 3.05) is 6.54 Å². The zero-order valence-electron chi connectivity index (χ0n) is 17.6. The van der Waals surface area contributed by atoms with E-state index in [1.54, 1.807) is 0 Å². The zero-order chi connectivity index (χ0) is 21.8. The summed E-state index contributed by atoms with van der Waals surface area (Å²) >= 11 is 0. The molecule has 3 rings (SSSR count). The molecule has 2 N–H and O–H groups in total. The summed E-state index contributed by atoms with van der Waals surface area (Å²) in [5.41, 5.74) is -1.25. The number of hydrogen-bond acceptors (Lipinski definition) is 5. The van der Waals surface area contributed by atoms with Crippen molar-refractivity contribution in [3.8, 4) is 0 Å². The predicted octanol–water partition coefficient (Wildman–Crippen LogP) is 1.62. The Balaban J connectivity index is 1.66. The molecule has 8 nitrogen and oxygen atoms in total. The molecular formula is C21H33N3O5S. The van der Waals surface area contributed by atoms with Crippen LogP contribution in [-0.4, -0.2) is 54.9 Å². The Morgan fingerprint density at radius 2 is 1.93 bits per heavy atom. The van der Waals surface area contributed by atoms with Crippen molar-refractivity contribution >= 4 is 28.2 Å². The summed E-state index contributed by atoms with van der Waals surface area (Å²) in [7, 11) is -3.70. The molecule has 1 heterocycles. The number of likely N-dealkylation sites (tertiary alicyclic amines) is 1. The summed E-state index contributed by atoms with van der Waals surface area (Å²) in [5.74, 6) is -1.30. The maximum absolute atomic E-state index is 12.9. The van der Waals surface area contributed by atoms with Gasteiger partial charge >= 0.3 is 0 Å². The van der Waals surface area contributed by atoms with E-state index in [0.29, 0.717) is 38.6 Å². The number of allylic oxidation sites excluding steroid dienone is 1. The monoisotopic (exact) mass is 439 g/mol. The highest BCUT2D eigenvalue weighted by Crippen LogP contribution is 2.46. The lowest BCUT2D eigenvalue weighted by molar-refractivity contribution is -0.134. The van der Waals surface area contributed by atoms with Crippen LogP contribution in [0.5, 0.6) is 0 Å². The molecule has 168 valence electrons. The molecule has 2 aliphatic carbocycles. The lowest BCUT2D eigenvalue weighted by Crippen LogP contribution is -2.56. The third-order valence-corrected chi connectivity index (χ3v) is 8.11. The average Bonchev–Trinajstić information content (AvgIpc) is 3.62. The first-order chi connectivity index (χ1) is 14.3. The molecule has 1 saturated heterocycles. The van der Waals surface area contributed by atoms with E-state index in [2.05, 4.69) is 17.0 Å².